The highest BCUT2D eigenvalue weighted by molar-refractivity contribution is 6.30. The van der Waals surface area contributed by atoms with E-state index in [9.17, 15) is 5.11 Å². The molecule has 1 aromatic heterocycles. The van der Waals surface area contributed by atoms with Gasteiger partial charge in [-0.2, -0.15) is 4.98 Å². The largest absolute Gasteiger partial charge is 0.507 e. The zero-order valence-electron chi connectivity index (χ0n) is 11.1. The van der Waals surface area contributed by atoms with Crippen LogP contribution in [-0.2, 0) is 0 Å². The first-order valence-corrected chi connectivity index (χ1v) is 6.53. The third kappa shape index (κ3) is 2.55. The molecule has 3 rings (SSSR count). The van der Waals surface area contributed by atoms with Gasteiger partial charge in [0, 0.05) is 5.02 Å². The number of ether oxygens (including phenoxy) is 1. The Hall–Kier alpha value is -2.53. The molecule has 21 heavy (non-hydrogen) atoms. The van der Waals surface area contributed by atoms with Crippen LogP contribution in [0, 0.1) is 0 Å². The van der Waals surface area contributed by atoms with E-state index < -0.39 is 0 Å². The Morgan fingerprint density at radius 1 is 1.14 bits per heavy atom. The molecule has 0 unspecified atom stereocenters. The number of benzene rings is 2. The third-order valence-electron chi connectivity index (χ3n) is 2.96. The number of nitrogens with zero attached hydrogens (tertiary/aromatic N) is 2. The fourth-order valence-electron chi connectivity index (χ4n) is 1.96. The first-order valence-electron chi connectivity index (χ1n) is 6.15. The maximum absolute atomic E-state index is 9.89. The van der Waals surface area contributed by atoms with E-state index >= 15 is 0 Å². The van der Waals surface area contributed by atoms with Crippen LogP contribution in [0.25, 0.3) is 22.8 Å². The zero-order valence-corrected chi connectivity index (χ0v) is 11.8. The number of halogens is 1. The second kappa shape index (κ2) is 5.46. The summed E-state index contributed by atoms with van der Waals surface area (Å²) in [4.78, 5) is 4.29. The van der Waals surface area contributed by atoms with Gasteiger partial charge in [-0.1, -0.05) is 28.9 Å². The van der Waals surface area contributed by atoms with Crippen molar-refractivity contribution in [2.45, 2.75) is 0 Å². The predicted octanol–water partition coefficient (Wildman–Crippen LogP) is 3.77. The van der Waals surface area contributed by atoms with Crippen LogP contribution in [0.4, 0.5) is 0 Å². The Kier molecular flexibility index (Phi) is 3.50. The number of hydrogen-bond donors (Lipinski definition) is 1. The molecule has 5 nitrogen and oxygen atoms in total. The minimum absolute atomic E-state index is 0.0160. The smallest absolute Gasteiger partial charge is 0.262 e. The molecule has 1 N–H and O–H groups in total. The Labute approximate surface area is 125 Å². The Morgan fingerprint density at radius 3 is 2.71 bits per heavy atom. The number of aromatic hydroxyl groups is 1. The second-order valence-electron chi connectivity index (χ2n) is 4.28. The van der Waals surface area contributed by atoms with Crippen molar-refractivity contribution in [3.8, 4) is 34.3 Å². The summed E-state index contributed by atoms with van der Waals surface area (Å²) >= 11 is 5.80. The van der Waals surface area contributed by atoms with Crippen LogP contribution in [-0.4, -0.2) is 22.4 Å². The Morgan fingerprint density at radius 2 is 1.95 bits per heavy atom. The first-order chi connectivity index (χ1) is 10.2. The van der Waals surface area contributed by atoms with E-state index in [0.717, 1.165) is 0 Å². The number of aromatic nitrogens is 2. The molecule has 0 saturated carbocycles. The van der Waals surface area contributed by atoms with Gasteiger partial charge in [0.05, 0.1) is 18.2 Å². The van der Waals surface area contributed by atoms with Gasteiger partial charge in [0.25, 0.3) is 5.89 Å². The highest BCUT2D eigenvalue weighted by Gasteiger charge is 2.16. The van der Waals surface area contributed by atoms with Gasteiger partial charge in [-0.15, -0.1) is 0 Å². The number of rotatable bonds is 3. The van der Waals surface area contributed by atoms with Gasteiger partial charge in [-0.05, 0) is 30.3 Å². The van der Waals surface area contributed by atoms with Gasteiger partial charge in [0.15, 0.2) is 0 Å². The van der Waals surface area contributed by atoms with Crippen LogP contribution in [0.1, 0.15) is 0 Å². The van der Waals surface area contributed by atoms with Gasteiger partial charge in [-0.3, -0.25) is 0 Å². The quantitative estimate of drug-likeness (QED) is 0.797. The van der Waals surface area contributed by atoms with Crippen LogP contribution < -0.4 is 4.74 Å². The fourth-order valence-corrected chi connectivity index (χ4v) is 2.12. The van der Waals surface area contributed by atoms with Gasteiger partial charge in [-0.25, -0.2) is 0 Å². The van der Waals surface area contributed by atoms with E-state index in [4.69, 9.17) is 20.9 Å². The molecule has 2 aromatic carbocycles. The number of hydrogen-bond acceptors (Lipinski definition) is 5. The number of para-hydroxylation sites is 1. The lowest BCUT2D eigenvalue weighted by Crippen LogP contribution is -1.88. The molecule has 0 aliphatic rings. The van der Waals surface area contributed by atoms with E-state index in [1.54, 1.807) is 19.2 Å². The van der Waals surface area contributed by atoms with E-state index in [0.29, 0.717) is 27.7 Å². The molecule has 106 valence electrons. The summed E-state index contributed by atoms with van der Waals surface area (Å²) < 4.78 is 10.5. The third-order valence-corrected chi connectivity index (χ3v) is 3.20. The molecule has 0 spiro atoms. The maximum Gasteiger partial charge on any atom is 0.262 e. The van der Waals surface area contributed by atoms with Crippen LogP contribution in [0.15, 0.2) is 47.0 Å². The van der Waals surface area contributed by atoms with Crippen molar-refractivity contribution in [1.82, 2.24) is 10.1 Å². The summed E-state index contributed by atoms with van der Waals surface area (Å²) in [6.07, 6.45) is 0. The van der Waals surface area contributed by atoms with E-state index in [-0.39, 0.29) is 11.6 Å². The molecular formula is C15H11ClN2O3. The second-order valence-corrected chi connectivity index (χ2v) is 4.72. The molecular weight excluding hydrogens is 292 g/mol. The summed E-state index contributed by atoms with van der Waals surface area (Å²) in [5.41, 5.74) is 1.14. The maximum atomic E-state index is 9.89. The molecule has 0 saturated heterocycles. The molecule has 0 radical (unpaired) electrons. The monoisotopic (exact) mass is 302 g/mol. The standard InChI is InChI=1S/C15H11ClN2O3/c1-20-13-5-3-2-4-11(13)14-17-15(21-18-14)10-7-6-9(16)8-12(10)19/h2-8,19H,1H3. The molecule has 3 aromatic rings. The fraction of sp³-hybridized carbons (Fsp3) is 0.0667. The number of phenols is 1. The Bertz CT molecular complexity index is 786. The van der Waals surface area contributed by atoms with Crippen molar-refractivity contribution in [3.05, 3.63) is 47.5 Å². The summed E-state index contributed by atoms with van der Waals surface area (Å²) in [6.45, 7) is 0. The summed E-state index contributed by atoms with van der Waals surface area (Å²) in [7, 11) is 1.57. The SMILES string of the molecule is COc1ccccc1-c1noc(-c2ccc(Cl)cc2O)n1. The van der Waals surface area contributed by atoms with Crippen molar-refractivity contribution < 1.29 is 14.4 Å². The van der Waals surface area contributed by atoms with Gasteiger partial charge < -0.3 is 14.4 Å². The van der Waals surface area contributed by atoms with Crippen molar-refractivity contribution >= 4 is 11.6 Å². The minimum atomic E-state index is -0.0160. The molecule has 0 aliphatic heterocycles. The molecule has 1 heterocycles. The lowest BCUT2D eigenvalue weighted by Gasteiger charge is -2.03. The Balaban J connectivity index is 2.04. The normalized spacial score (nSPS) is 10.6. The summed E-state index contributed by atoms with van der Waals surface area (Å²) in [6, 6.07) is 12.0. The lowest BCUT2D eigenvalue weighted by atomic mass is 10.2. The topological polar surface area (TPSA) is 68.4 Å². The highest BCUT2D eigenvalue weighted by Crippen LogP contribution is 2.33. The van der Waals surface area contributed by atoms with Crippen LogP contribution in [0.3, 0.4) is 0 Å². The minimum Gasteiger partial charge on any atom is -0.507 e. The van der Waals surface area contributed by atoms with E-state index in [1.807, 2.05) is 24.3 Å². The summed E-state index contributed by atoms with van der Waals surface area (Å²) in [5, 5.41) is 14.2. The number of phenolic OH excluding ortho intramolecular Hbond substituents is 1. The molecule has 0 aliphatic carbocycles. The van der Waals surface area contributed by atoms with Gasteiger partial charge in [0.2, 0.25) is 5.82 Å². The van der Waals surface area contributed by atoms with E-state index in [2.05, 4.69) is 10.1 Å². The molecule has 0 atom stereocenters. The molecule has 6 heteroatoms. The van der Waals surface area contributed by atoms with Crippen molar-refractivity contribution in [2.24, 2.45) is 0 Å². The van der Waals surface area contributed by atoms with Gasteiger partial charge in [0.1, 0.15) is 11.5 Å². The highest BCUT2D eigenvalue weighted by atomic mass is 35.5. The number of methoxy groups -OCH3 is 1. The summed E-state index contributed by atoms with van der Waals surface area (Å²) in [5.74, 6) is 1.23. The van der Waals surface area contributed by atoms with Crippen LogP contribution >= 0.6 is 11.6 Å². The average molecular weight is 303 g/mol. The zero-order chi connectivity index (χ0) is 14.8. The molecule has 0 amide bonds. The van der Waals surface area contributed by atoms with Crippen molar-refractivity contribution in [1.29, 1.82) is 0 Å². The van der Waals surface area contributed by atoms with Crippen molar-refractivity contribution in [3.63, 3.8) is 0 Å². The lowest BCUT2D eigenvalue weighted by molar-refractivity contribution is 0.413. The molecule has 0 bridgehead atoms. The van der Waals surface area contributed by atoms with E-state index in [1.165, 1.54) is 6.07 Å². The van der Waals surface area contributed by atoms with Crippen LogP contribution in [0.5, 0.6) is 11.5 Å². The van der Waals surface area contributed by atoms with Crippen LogP contribution in [0.2, 0.25) is 5.02 Å². The van der Waals surface area contributed by atoms with Gasteiger partial charge >= 0.3 is 0 Å². The van der Waals surface area contributed by atoms with Crippen molar-refractivity contribution in [2.75, 3.05) is 7.11 Å². The first kappa shape index (κ1) is 13.5. The average Bonchev–Trinajstić information content (AvgIpc) is 2.96. The predicted molar refractivity (Wildman–Crippen MR) is 78.4 cm³/mol. The molecule has 0 fully saturated rings.